The van der Waals surface area contributed by atoms with Gasteiger partial charge in [-0.05, 0) is 37.6 Å². The molecular weight excluding hydrogens is 278 g/mol. The van der Waals surface area contributed by atoms with Crippen molar-refractivity contribution in [3.63, 3.8) is 0 Å². The van der Waals surface area contributed by atoms with Crippen molar-refractivity contribution in [3.8, 4) is 11.3 Å². The molecule has 0 unspecified atom stereocenters. The van der Waals surface area contributed by atoms with Crippen LogP contribution in [0.1, 0.15) is 21.7 Å². The largest absolute Gasteiger partial charge is 0.360 e. The highest BCUT2D eigenvalue weighted by atomic mass is 16.5. The number of carbonyl (C=O) groups excluding carboxylic acids is 1. The van der Waals surface area contributed by atoms with Gasteiger partial charge in [0.15, 0.2) is 0 Å². The molecule has 110 valence electrons. The standard InChI is InChI=1S/C17H15N3O2/c1-11-6-3-4-8-14(11)19-17(21)15-12(2)22-20-16(15)13-7-5-9-18-10-13/h3-10H,1-2H3,(H,19,21). The van der Waals surface area contributed by atoms with Gasteiger partial charge in [-0.15, -0.1) is 0 Å². The summed E-state index contributed by atoms with van der Waals surface area (Å²) in [6.45, 7) is 3.66. The van der Waals surface area contributed by atoms with Gasteiger partial charge in [0.05, 0.1) is 0 Å². The Balaban J connectivity index is 1.97. The van der Waals surface area contributed by atoms with E-state index in [1.54, 1.807) is 25.4 Å². The fourth-order valence-corrected chi connectivity index (χ4v) is 2.24. The lowest BCUT2D eigenvalue weighted by molar-refractivity contribution is 0.102. The lowest BCUT2D eigenvalue weighted by atomic mass is 10.1. The van der Waals surface area contributed by atoms with Gasteiger partial charge in [0, 0.05) is 23.6 Å². The zero-order valence-corrected chi connectivity index (χ0v) is 12.3. The number of benzene rings is 1. The van der Waals surface area contributed by atoms with Gasteiger partial charge in [0.25, 0.3) is 5.91 Å². The minimum atomic E-state index is -0.244. The normalized spacial score (nSPS) is 10.5. The van der Waals surface area contributed by atoms with E-state index in [0.29, 0.717) is 17.0 Å². The molecule has 1 aromatic carbocycles. The van der Waals surface area contributed by atoms with Gasteiger partial charge in [0.1, 0.15) is 17.0 Å². The summed E-state index contributed by atoms with van der Waals surface area (Å²) >= 11 is 0. The number of aromatic nitrogens is 2. The van der Waals surface area contributed by atoms with Gasteiger partial charge in [0.2, 0.25) is 0 Å². The smallest absolute Gasteiger partial charge is 0.261 e. The molecule has 1 amide bonds. The third-order valence-electron chi connectivity index (χ3n) is 3.42. The number of pyridine rings is 1. The van der Waals surface area contributed by atoms with E-state index in [4.69, 9.17) is 4.52 Å². The van der Waals surface area contributed by atoms with Gasteiger partial charge >= 0.3 is 0 Å². The average molecular weight is 293 g/mol. The average Bonchev–Trinajstić information content (AvgIpc) is 2.92. The number of para-hydroxylation sites is 1. The summed E-state index contributed by atoms with van der Waals surface area (Å²) in [5.74, 6) is 0.233. The second-order valence-electron chi connectivity index (χ2n) is 4.97. The van der Waals surface area contributed by atoms with Gasteiger partial charge in [-0.3, -0.25) is 9.78 Å². The summed E-state index contributed by atoms with van der Waals surface area (Å²) in [6, 6.07) is 11.2. The molecule has 2 aromatic heterocycles. The van der Waals surface area contributed by atoms with Crippen LogP contribution in [0.5, 0.6) is 0 Å². The summed E-state index contributed by atoms with van der Waals surface area (Å²) in [5.41, 5.74) is 3.43. The van der Waals surface area contributed by atoms with Crippen LogP contribution in [0.25, 0.3) is 11.3 Å². The SMILES string of the molecule is Cc1ccccc1NC(=O)c1c(-c2cccnc2)noc1C. The highest BCUT2D eigenvalue weighted by Gasteiger charge is 2.22. The molecule has 0 saturated heterocycles. The summed E-state index contributed by atoms with van der Waals surface area (Å²) in [4.78, 5) is 16.7. The van der Waals surface area contributed by atoms with Crippen molar-refractivity contribution in [2.24, 2.45) is 0 Å². The number of amides is 1. The molecule has 0 bridgehead atoms. The van der Waals surface area contributed by atoms with Crippen LogP contribution in [-0.4, -0.2) is 16.0 Å². The molecule has 2 heterocycles. The van der Waals surface area contributed by atoms with Crippen molar-refractivity contribution in [1.29, 1.82) is 0 Å². The maximum absolute atomic E-state index is 12.6. The van der Waals surface area contributed by atoms with Crippen molar-refractivity contribution >= 4 is 11.6 Å². The topological polar surface area (TPSA) is 68.0 Å². The van der Waals surface area contributed by atoms with Gasteiger partial charge in [-0.2, -0.15) is 0 Å². The Hall–Kier alpha value is -2.95. The molecule has 0 saturated carbocycles. The summed E-state index contributed by atoms with van der Waals surface area (Å²) in [6.07, 6.45) is 3.32. The number of hydrogen-bond donors (Lipinski definition) is 1. The number of carbonyl (C=O) groups is 1. The fourth-order valence-electron chi connectivity index (χ4n) is 2.24. The minimum absolute atomic E-state index is 0.244. The van der Waals surface area contributed by atoms with Crippen LogP contribution in [-0.2, 0) is 0 Å². The van der Waals surface area contributed by atoms with E-state index < -0.39 is 0 Å². The van der Waals surface area contributed by atoms with Crippen LogP contribution in [0, 0.1) is 13.8 Å². The first kappa shape index (κ1) is 14.0. The first-order valence-electron chi connectivity index (χ1n) is 6.90. The predicted octanol–water partition coefficient (Wildman–Crippen LogP) is 3.61. The van der Waals surface area contributed by atoms with E-state index in [2.05, 4.69) is 15.5 Å². The summed E-state index contributed by atoms with van der Waals surface area (Å²) in [5, 5.41) is 6.90. The Bertz CT molecular complexity index is 810. The molecule has 0 fully saturated rings. The monoisotopic (exact) mass is 293 g/mol. The van der Waals surface area contributed by atoms with Gasteiger partial charge < -0.3 is 9.84 Å². The molecule has 0 spiro atoms. The second-order valence-corrected chi connectivity index (χ2v) is 4.97. The van der Waals surface area contributed by atoms with E-state index in [1.165, 1.54) is 0 Å². The minimum Gasteiger partial charge on any atom is -0.360 e. The van der Waals surface area contributed by atoms with Crippen LogP contribution in [0.15, 0.2) is 53.3 Å². The highest BCUT2D eigenvalue weighted by molar-refractivity contribution is 6.09. The maximum Gasteiger partial charge on any atom is 0.261 e. The third-order valence-corrected chi connectivity index (χ3v) is 3.42. The highest BCUT2D eigenvalue weighted by Crippen LogP contribution is 2.26. The number of rotatable bonds is 3. The Morgan fingerprint density at radius 2 is 1.95 bits per heavy atom. The number of hydrogen-bond acceptors (Lipinski definition) is 4. The molecule has 0 aliphatic heterocycles. The molecule has 0 radical (unpaired) electrons. The number of aryl methyl sites for hydroxylation is 2. The number of nitrogens with one attached hydrogen (secondary N) is 1. The molecule has 1 N–H and O–H groups in total. The summed E-state index contributed by atoms with van der Waals surface area (Å²) < 4.78 is 5.20. The van der Waals surface area contributed by atoms with E-state index in [0.717, 1.165) is 16.8 Å². The third kappa shape index (κ3) is 2.61. The molecule has 0 aliphatic rings. The molecule has 0 aliphatic carbocycles. The molecule has 5 nitrogen and oxygen atoms in total. The summed E-state index contributed by atoms with van der Waals surface area (Å²) in [7, 11) is 0. The van der Waals surface area contributed by atoms with Gasteiger partial charge in [-0.1, -0.05) is 23.4 Å². The maximum atomic E-state index is 12.6. The van der Waals surface area contributed by atoms with Crippen LogP contribution in [0.3, 0.4) is 0 Å². The number of nitrogens with zero attached hydrogens (tertiary/aromatic N) is 2. The Morgan fingerprint density at radius 1 is 1.14 bits per heavy atom. The van der Waals surface area contributed by atoms with Crippen molar-refractivity contribution in [2.45, 2.75) is 13.8 Å². The zero-order chi connectivity index (χ0) is 15.5. The van der Waals surface area contributed by atoms with E-state index in [-0.39, 0.29) is 5.91 Å². The first-order chi connectivity index (χ1) is 10.7. The van der Waals surface area contributed by atoms with Crippen LogP contribution in [0.2, 0.25) is 0 Å². The molecule has 0 atom stereocenters. The van der Waals surface area contributed by atoms with Crippen molar-refractivity contribution < 1.29 is 9.32 Å². The first-order valence-corrected chi connectivity index (χ1v) is 6.90. The van der Waals surface area contributed by atoms with E-state index in [9.17, 15) is 4.79 Å². The zero-order valence-electron chi connectivity index (χ0n) is 12.3. The molecule has 5 heteroatoms. The molecular formula is C17H15N3O2. The van der Waals surface area contributed by atoms with Crippen LogP contribution in [0.4, 0.5) is 5.69 Å². The molecule has 3 rings (SSSR count). The lowest BCUT2D eigenvalue weighted by Crippen LogP contribution is -2.14. The van der Waals surface area contributed by atoms with Gasteiger partial charge in [-0.25, -0.2) is 0 Å². The molecule has 22 heavy (non-hydrogen) atoms. The van der Waals surface area contributed by atoms with Crippen LogP contribution >= 0.6 is 0 Å². The Labute approximate surface area is 128 Å². The fraction of sp³-hybridized carbons (Fsp3) is 0.118. The number of anilines is 1. The quantitative estimate of drug-likeness (QED) is 0.801. The van der Waals surface area contributed by atoms with E-state index >= 15 is 0 Å². The predicted molar refractivity (Wildman–Crippen MR) is 83.6 cm³/mol. The Morgan fingerprint density at radius 3 is 2.68 bits per heavy atom. The lowest BCUT2D eigenvalue weighted by Gasteiger charge is -2.08. The van der Waals surface area contributed by atoms with Crippen LogP contribution < -0.4 is 5.32 Å². The van der Waals surface area contributed by atoms with Crippen molar-refractivity contribution in [2.75, 3.05) is 5.32 Å². The second kappa shape index (κ2) is 5.81. The molecule has 3 aromatic rings. The Kier molecular flexibility index (Phi) is 3.70. The van der Waals surface area contributed by atoms with Crippen molar-refractivity contribution in [3.05, 3.63) is 65.7 Å². The van der Waals surface area contributed by atoms with E-state index in [1.807, 2.05) is 37.3 Å². The van der Waals surface area contributed by atoms with Crippen molar-refractivity contribution in [1.82, 2.24) is 10.1 Å².